The van der Waals surface area contributed by atoms with Gasteiger partial charge in [-0.15, -0.1) is 0 Å². The van der Waals surface area contributed by atoms with Crippen LogP contribution in [0.5, 0.6) is 0 Å². The lowest BCUT2D eigenvalue weighted by Crippen LogP contribution is -2.43. The van der Waals surface area contributed by atoms with E-state index in [4.69, 9.17) is 9.97 Å². The van der Waals surface area contributed by atoms with Crippen LogP contribution in [0.2, 0.25) is 0 Å². The standard InChI is InChI=1S/C30H42N6O/c1-30(2)11-9-23(10-12-30)36-27-26(19-32-29(33-27)31-18-21-5-4-6-21)24-8-7-22(17-25(24)28(36)37)20-35-15-13-34(3)14-16-35/h7-8,17,19,21,23H,4-6,9-16,18,20H2,1-3H3,(H,31,32,33). The van der Waals surface area contributed by atoms with Crippen molar-refractivity contribution in [2.45, 2.75) is 71.4 Å². The maximum atomic E-state index is 14.2. The molecular formula is C30H42N6O. The summed E-state index contributed by atoms with van der Waals surface area (Å²) in [6.07, 6.45) is 10.1. The van der Waals surface area contributed by atoms with Gasteiger partial charge < -0.3 is 10.2 Å². The molecule has 3 fully saturated rings. The minimum Gasteiger partial charge on any atom is -0.354 e. The van der Waals surface area contributed by atoms with Crippen molar-refractivity contribution in [1.82, 2.24) is 24.3 Å². The summed E-state index contributed by atoms with van der Waals surface area (Å²) in [4.78, 5) is 28.7. The molecule has 2 aromatic heterocycles. The first-order chi connectivity index (χ1) is 17.9. The van der Waals surface area contributed by atoms with Gasteiger partial charge in [-0.25, -0.2) is 4.98 Å². The van der Waals surface area contributed by atoms with E-state index in [9.17, 15) is 4.79 Å². The zero-order chi connectivity index (χ0) is 25.6. The highest BCUT2D eigenvalue weighted by Gasteiger charge is 2.30. The molecule has 0 atom stereocenters. The summed E-state index contributed by atoms with van der Waals surface area (Å²) >= 11 is 0. The number of hydrogen-bond acceptors (Lipinski definition) is 6. The number of nitrogens with zero attached hydrogens (tertiary/aromatic N) is 5. The van der Waals surface area contributed by atoms with Crippen molar-refractivity contribution < 1.29 is 0 Å². The molecule has 0 amide bonds. The van der Waals surface area contributed by atoms with Crippen LogP contribution >= 0.6 is 0 Å². The maximum absolute atomic E-state index is 14.2. The third-order valence-corrected chi connectivity index (χ3v) is 9.27. The molecule has 1 aromatic carbocycles. The number of rotatable bonds is 6. The summed E-state index contributed by atoms with van der Waals surface area (Å²) < 4.78 is 2.03. The van der Waals surface area contributed by atoms with Crippen molar-refractivity contribution in [3.05, 3.63) is 40.3 Å². The van der Waals surface area contributed by atoms with Crippen LogP contribution in [0.3, 0.4) is 0 Å². The number of fused-ring (bicyclic) bond motifs is 3. The molecule has 1 saturated heterocycles. The fourth-order valence-electron chi connectivity index (χ4n) is 6.34. The number of pyridine rings is 1. The molecule has 2 saturated carbocycles. The SMILES string of the molecule is CN1CCN(Cc2ccc3c(c2)c(=O)n(C2CCC(C)(C)CC2)c2nc(NCC4CCC4)ncc32)CC1. The Morgan fingerprint density at radius 3 is 2.46 bits per heavy atom. The molecule has 37 heavy (non-hydrogen) atoms. The average Bonchev–Trinajstić information content (AvgIpc) is 2.85. The van der Waals surface area contributed by atoms with Gasteiger partial charge in [0.15, 0.2) is 0 Å². The first kappa shape index (κ1) is 24.8. The summed E-state index contributed by atoms with van der Waals surface area (Å²) in [5, 5.41) is 6.23. The number of aromatic nitrogens is 3. The molecule has 2 aliphatic carbocycles. The lowest BCUT2D eigenvalue weighted by Gasteiger charge is -2.35. The Labute approximate surface area is 220 Å². The quantitative estimate of drug-likeness (QED) is 0.476. The van der Waals surface area contributed by atoms with Crippen molar-refractivity contribution in [3.63, 3.8) is 0 Å². The molecule has 3 heterocycles. The Bertz CT molecular complexity index is 1330. The van der Waals surface area contributed by atoms with Gasteiger partial charge >= 0.3 is 0 Å². The normalized spacial score (nSPS) is 21.9. The minimum absolute atomic E-state index is 0.107. The first-order valence-electron chi connectivity index (χ1n) is 14.3. The van der Waals surface area contributed by atoms with Gasteiger partial charge in [0.2, 0.25) is 5.95 Å². The van der Waals surface area contributed by atoms with Gasteiger partial charge in [-0.05, 0) is 73.9 Å². The average molecular weight is 503 g/mol. The fourth-order valence-corrected chi connectivity index (χ4v) is 6.34. The van der Waals surface area contributed by atoms with Crippen LogP contribution in [-0.4, -0.2) is 64.1 Å². The van der Waals surface area contributed by atoms with Crippen molar-refractivity contribution >= 4 is 27.8 Å². The van der Waals surface area contributed by atoms with E-state index >= 15 is 0 Å². The van der Waals surface area contributed by atoms with Crippen LogP contribution in [0.4, 0.5) is 5.95 Å². The van der Waals surface area contributed by atoms with Gasteiger partial charge in [-0.3, -0.25) is 14.3 Å². The van der Waals surface area contributed by atoms with Crippen molar-refractivity contribution in [3.8, 4) is 0 Å². The molecule has 3 aromatic rings. The van der Waals surface area contributed by atoms with Crippen molar-refractivity contribution in [1.29, 1.82) is 0 Å². The van der Waals surface area contributed by atoms with E-state index in [1.54, 1.807) is 0 Å². The Balaban J connectivity index is 1.40. The predicted octanol–water partition coefficient (Wildman–Crippen LogP) is 5.05. The molecule has 1 N–H and O–H groups in total. The van der Waals surface area contributed by atoms with E-state index in [-0.39, 0.29) is 11.6 Å². The maximum Gasteiger partial charge on any atom is 0.260 e. The van der Waals surface area contributed by atoms with Crippen LogP contribution in [-0.2, 0) is 6.54 Å². The smallest absolute Gasteiger partial charge is 0.260 e. The van der Waals surface area contributed by atoms with Crippen LogP contribution in [0.15, 0.2) is 29.2 Å². The summed E-state index contributed by atoms with van der Waals surface area (Å²) in [5.41, 5.74) is 2.45. The topological polar surface area (TPSA) is 66.3 Å². The van der Waals surface area contributed by atoms with E-state index < -0.39 is 0 Å². The van der Waals surface area contributed by atoms with Crippen LogP contribution in [0, 0.1) is 11.3 Å². The zero-order valence-corrected chi connectivity index (χ0v) is 22.8. The predicted molar refractivity (Wildman–Crippen MR) is 151 cm³/mol. The number of anilines is 1. The molecule has 0 spiro atoms. The van der Waals surface area contributed by atoms with Gasteiger partial charge in [0.25, 0.3) is 5.56 Å². The van der Waals surface area contributed by atoms with Crippen LogP contribution in [0.1, 0.15) is 70.4 Å². The van der Waals surface area contributed by atoms with Gasteiger partial charge in [-0.1, -0.05) is 32.4 Å². The van der Waals surface area contributed by atoms with E-state index in [2.05, 4.69) is 54.2 Å². The monoisotopic (exact) mass is 502 g/mol. The highest BCUT2D eigenvalue weighted by molar-refractivity contribution is 6.04. The van der Waals surface area contributed by atoms with Crippen molar-refractivity contribution in [2.75, 3.05) is 45.1 Å². The second kappa shape index (κ2) is 9.99. The molecule has 0 bridgehead atoms. The molecule has 1 aliphatic heterocycles. The Morgan fingerprint density at radius 2 is 1.76 bits per heavy atom. The Hall–Kier alpha value is -2.51. The van der Waals surface area contributed by atoms with Gasteiger partial charge in [0, 0.05) is 62.3 Å². The second-order valence-corrected chi connectivity index (χ2v) is 12.6. The summed E-state index contributed by atoms with van der Waals surface area (Å²) in [5.74, 6) is 1.37. The molecule has 0 radical (unpaired) electrons. The Kier molecular flexibility index (Phi) is 6.70. The third-order valence-electron chi connectivity index (χ3n) is 9.27. The van der Waals surface area contributed by atoms with E-state index in [1.807, 2.05) is 10.8 Å². The van der Waals surface area contributed by atoms with Gasteiger partial charge in [-0.2, -0.15) is 4.98 Å². The molecule has 7 nitrogen and oxygen atoms in total. The van der Waals surface area contributed by atoms with Gasteiger partial charge in [0.1, 0.15) is 5.65 Å². The van der Waals surface area contributed by atoms with Crippen LogP contribution < -0.4 is 10.9 Å². The number of piperazine rings is 1. The third kappa shape index (κ3) is 5.13. The lowest BCUT2D eigenvalue weighted by atomic mass is 9.75. The fraction of sp³-hybridized carbons (Fsp3) is 0.633. The molecule has 7 heteroatoms. The lowest BCUT2D eigenvalue weighted by molar-refractivity contribution is 0.148. The number of hydrogen-bond donors (Lipinski definition) is 1. The number of benzene rings is 1. The Morgan fingerprint density at radius 1 is 1.00 bits per heavy atom. The number of nitrogens with one attached hydrogen (secondary N) is 1. The largest absolute Gasteiger partial charge is 0.354 e. The van der Waals surface area contributed by atoms with Gasteiger partial charge in [0.05, 0.1) is 0 Å². The summed E-state index contributed by atoms with van der Waals surface area (Å²) in [6, 6.07) is 6.64. The minimum atomic E-state index is 0.107. The molecule has 0 unspecified atom stereocenters. The zero-order valence-electron chi connectivity index (χ0n) is 22.8. The highest BCUT2D eigenvalue weighted by atomic mass is 16.1. The molecule has 198 valence electrons. The van der Waals surface area contributed by atoms with E-state index in [0.717, 1.165) is 92.7 Å². The first-order valence-corrected chi connectivity index (χ1v) is 14.3. The highest BCUT2D eigenvalue weighted by Crippen LogP contribution is 2.41. The molecule has 3 aliphatic rings. The van der Waals surface area contributed by atoms with Crippen molar-refractivity contribution in [2.24, 2.45) is 11.3 Å². The summed E-state index contributed by atoms with van der Waals surface area (Å²) in [7, 11) is 2.18. The van der Waals surface area contributed by atoms with E-state index in [1.165, 1.54) is 24.8 Å². The second-order valence-electron chi connectivity index (χ2n) is 12.6. The molecular weight excluding hydrogens is 460 g/mol. The number of likely N-dealkylation sites (N-methyl/N-ethyl adjacent to an activating group) is 1. The molecule has 6 rings (SSSR count). The van der Waals surface area contributed by atoms with E-state index in [0.29, 0.717) is 11.4 Å². The summed E-state index contributed by atoms with van der Waals surface area (Å²) in [6.45, 7) is 10.8. The van der Waals surface area contributed by atoms with Crippen LogP contribution in [0.25, 0.3) is 21.8 Å².